The van der Waals surface area contributed by atoms with Gasteiger partial charge in [-0.15, -0.1) is 0 Å². The number of nitrogens with zero attached hydrogens (tertiary/aromatic N) is 1. The lowest BCUT2D eigenvalue weighted by atomic mass is 10.2. The zero-order valence-corrected chi connectivity index (χ0v) is 13.0. The summed E-state index contributed by atoms with van der Waals surface area (Å²) in [5, 5.41) is 4.97. The van der Waals surface area contributed by atoms with Crippen LogP contribution in [0, 0.1) is 0 Å². The van der Waals surface area contributed by atoms with Crippen molar-refractivity contribution >= 4 is 23.5 Å². The van der Waals surface area contributed by atoms with Gasteiger partial charge in [0.2, 0.25) is 5.91 Å². The van der Waals surface area contributed by atoms with Gasteiger partial charge >= 0.3 is 6.09 Å². The number of alkyl halides is 1. The molecular weight excluding hydrogens is 293 g/mol. The van der Waals surface area contributed by atoms with E-state index in [1.165, 1.54) is 19.2 Å². The van der Waals surface area contributed by atoms with E-state index in [4.69, 9.17) is 9.47 Å². The van der Waals surface area contributed by atoms with E-state index in [1.54, 1.807) is 20.8 Å². The predicted octanol–water partition coefficient (Wildman–Crippen LogP) is 2.74. The van der Waals surface area contributed by atoms with Crippen LogP contribution >= 0.6 is 0 Å². The second-order valence-electron chi connectivity index (χ2n) is 5.41. The molecule has 2 N–H and O–H groups in total. The van der Waals surface area contributed by atoms with E-state index in [0.29, 0.717) is 0 Å². The van der Waals surface area contributed by atoms with Gasteiger partial charge in [-0.25, -0.2) is 14.2 Å². The molecule has 1 aromatic rings. The Morgan fingerprint density at radius 3 is 2.55 bits per heavy atom. The molecule has 1 aromatic heterocycles. The molecule has 7 nitrogen and oxygen atoms in total. The van der Waals surface area contributed by atoms with Gasteiger partial charge in [0, 0.05) is 13.0 Å². The Hall–Kier alpha value is -2.38. The van der Waals surface area contributed by atoms with Crippen molar-refractivity contribution in [3.63, 3.8) is 0 Å². The molecule has 22 heavy (non-hydrogen) atoms. The maximum absolute atomic E-state index is 12.2. The average molecular weight is 313 g/mol. The van der Waals surface area contributed by atoms with Crippen molar-refractivity contribution in [3.05, 3.63) is 12.3 Å². The molecule has 0 saturated heterocycles. The number of rotatable bonds is 5. The molecule has 0 bridgehead atoms. The molecule has 0 radical (unpaired) electrons. The van der Waals surface area contributed by atoms with Gasteiger partial charge in [0.15, 0.2) is 5.75 Å². The van der Waals surface area contributed by atoms with Crippen molar-refractivity contribution in [1.82, 2.24) is 4.98 Å². The number of ether oxygens (including phenoxy) is 2. The summed E-state index contributed by atoms with van der Waals surface area (Å²) in [6.45, 7) is 5.65. The number of amides is 2. The minimum atomic E-state index is -0.697. The Morgan fingerprint density at radius 1 is 1.32 bits per heavy atom. The monoisotopic (exact) mass is 313 g/mol. The maximum Gasteiger partial charge on any atom is 0.412 e. The lowest BCUT2D eigenvalue weighted by Crippen LogP contribution is -2.27. The molecular formula is C14H20FN3O4. The zero-order valence-electron chi connectivity index (χ0n) is 13.0. The fraction of sp³-hybridized carbons (Fsp3) is 0.500. The van der Waals surface area contributed by atoms with E-state index in [-0.39, 0.29) is 29.8 Å². The fourth-order valence-corrected chi connectivity index (χ4v) is 1.47. The van der Waals surface area contributed by atoms with Crippen LogP contribution in [0.1, 0.15) is 27.7 Å². The first kappa shape index (κ1) is 17.7. The first-order chi connectivity index (χ1) is 10.2. The molecule has 0 unspecified atom stereocenters. The van der Waals surface area contributed by atoms with Gasteiger partial charge in [0.25, 0.3) is 0 Å². The number of carbonyl (C=O) groups excluding carboxylic acids is 2. The van der Waals surface area contributed by atoms with Crippen LogP contribution in [-0.4, -0.2) is 35.9 Å². The molecule has 1 rings (SSSR count). The van der Waals surface area contributed by atoms with Gasteiger partial charge < -0.3 is 14.8 Å². The van der Waals surface area contributed by atoms with Crippen LogP contribution in [0.25, 0.3) is 0 Å². The molecule has 122 valence electrons. The Bertz CT molecular complexity index is 543. The Morgan fingerprint density at radius 2 is 2.00 bits per heavy atom. The highest BCUT2D eigenvalue weighted by atomic mass is 19.1. The average Bonchev–Trinajstić information content (AvgIpc) is 2.34. The summed E-state index contributed by atoms with van der Waals surface area (Å²) < 4.78 is 22.5. The molecule has 1 heterocycles. The summed E-state index contributed by atoms with van der Waals surface area (Å²) in [4.78, 5) is 26.8. The number of nitrogens with one attached hydrogen (secondary N) is 2. The van der Waals surface area contributed by atoms with Crippen molar-refractivity contribution in [2.75, 3.05) is 23.9 Å². The van der Waals surface area contributed by atoms with E-state index in [0.717, 1.165) is 0 Å². The van der Waals surface area contributed by atoms with Crippen molar-refractivity contribution in [2.24, 2.45) is 0 Å². The van der Waals surface area contributed by atoms with Gasteiger partial charge in [0.1, 0.15) is 24.7 Å². The SMILES string of the molecule is CC(=O)Nc1cc(NC(=O)OC(C)(C)C)c(OCCF)cn1. The standard InChI is InChI=1S/C14H20FN3O4/c1-9(19)17-12-7-10(11(8-16-12)21-6-5-15)18-13(20)22-14(2,3)4/h7-8H,5-6H2,1-4H3,(H2,16,17,18,19,20). The highest BCUT2D eigenvalue weighted by molar-refractivity contribution is 5.91. The maximum atomic E-state index is 12.2. The smallest absolute Gasteiger partial charge is 0.412 e. The van der Waals surface area contributed by atoms with E-state index < -0.39 is 18.4 Å². The number of carbonyl (C=O) groups is 2. The number of hydrogen-bond acceptors (Lipinski definition) is 5. The summed E-state index contributed by atoms with van der Waals surface area (Å²) in [6.07, 6.45) is 0.589. The lowest BCUT2D eigenvalue weighted by molar-refractivity contribution is -0.114. The minimum Gasteiger partial charge on any atom is -0.487 e. The van der Waals surface area contributed by atoms with Gasteiger partial charge in [0.05, 0.1) is 11.9 Å². The molecule has 0 fully saturated rings. The van der Waals surface area contributed by atoms with E-state index in [1.807, 2.05) is 0 Å². The van der Waals surface area contributed by atoms with Gasteiger partial charge in [-0.05, 0) is 20.8 Å². The number of aromatic nitrogens is 1. The number of hydrogen-bond donors (Lipinski definition) is 2. The van der Waals surface area contributed by atoms with Crippen LogP contribution in [0.5, 0.6) is 5.75 Å². The van der Waals surface area contributed by atoms with Crippen LogP contribution in [-0.2, 0) is 9.53 Å². The predicted molar refractivity (Wildman–Crippen MR) is 79.9 cm³/mol. The summed E-state index contributed by atoms with van der Waals surface area (Å²) in [5.41, 5.74) is -0.446. The normalized spacial score (nSPS) is 10.8. The quantitative estimate of drug-likeness (QED) is 0.872. The Balaban J connectivity index is 2.94. The summed E-state index contributed by atoms with van der Waals surface area (Å²) in [5.74, 6) is 0.0944. The molecule has 0 aliphatic rings. The summed E-state index contributed by atoms with van der Waals surface area (Å²) >= 11 is 0. The van der Waals surface area contributed by atoms with Crippen molar-refractivity contribution in [2.45, 2.75) is 33.3 Å². The van der Waals surface area contributed by atoms with Gasteiger partial charge in [-0.3, -0.25) is 10.1 Å². The van der Waals surface area contributed by atoms with Crippen molar-refractivity contribution in [3.8, 4) is 5.75 Å². The van der Waals surface area contributed by atoms with E-state index in [2.05, 4.69) is 15.6 Å². The molecule has 0 atom stereocenters. The molecule has 0 aliphatic carbocycles. The second kappa shape index (κ2) is 7.58. The highest BCUT2D eigenvalue weighted by Crippen LogP contribution is 2.27. The molecule has 0 saturated carbocycles. The first-order valence-corrected chi connectivity index (χ1v) is 6.67. The van der Waals surface area contributed by atoms with Crippen LogP contribution in [0.4, 0.5) is 20.7 Å². The zero-order chi connectivity index (χ0) is 16.8. The third-order valence-electron chi connectivity index (χ3n) is 2.14. The lowest BCUT2D eigenvalue weighted by Gasteiger charge is -2.20. The van der Waals surface area contributed by atoms with Crippen LogP contribution in [0.15, 0.2) is 12.3 Å². The third-order valence-corrected chi connectivity index (χ3v) is 2.14. The number of halogens is 1. The van der Waals surface area contributed by atoms with Crippen molar-refractivity contribution in [1.29, 1.82) is 0 Å². The van der Waals surface area contributed by atoms with Crippen LogP contribution in [0.3, 0.4) is 0 Å². The molecule has 0 aliphatic heterocycles. The van der Waals surface area contributed by atoms with Crippen LogP contribution < -0.4 is 15.4 Å². The third kappa shape index (κ3) is 6.38. The van der Waals surface area contributed by atoms with Crippen LogP contribution in [0.2, 0.25) is 0 Å². The summed E-state index contributed by atoms with van der Waals surface area (Å²) in [6, 6.07) is 1.40. The second-order valence-corrected chi connectivity index (χ2v) is 5.41. The topological polar surface area (TPSA) is 89.6 Å². The number of anilines is 2. The molecule has 0 spiro atoms. The Labute approximate surface area is 128 Å². The highest BCUT2D eigenvalue weighted by Gasteiger charge is 2.18. The van der Waals surface area contributed by atoms with Crippen molar-refractivity contribution < 1.29 is 23.5 Å². The van der Waals surface area contributed by atoms with E-state index >= 15 is 0 Å². The molecule has 8 heteroatoms. The molecule has 0 aromatic carbocycles. The largest absolute Gasteiger partial charge is 0.487 e. The fourth-order valence-electron chi connectivity index (χ4n) is 1.47. The number of pyridine rings is 1. The summed E-state index contributed by atoms with van der Waals surface area (Å²) in [7, 11) is 0. The first-order valence-electron chi connectivity index (χ1n) is 6.67. The molecule has 2 amide bonds. The van der Waals surface area contributed by atoms with Gasteiger partial charge in [-0.2, -0.15) is 0 Å². The Kier molecular flexibility index (Phi) is 6.09. The van der Waals surface area contributed by atoms with Gasteiger partial charge in [-0.1, -0.05) is 0 Å². The minimum absolute atomic E-state index is 0.176. The van der Waals surface area contributed by atoms with E-state index in [9.17, 15) is 14.0 Å².